The van der Waals surface area contributed by atoms with Crippen LogP contribution in [0.25, 0.3) is 6.08 Å². The summed E-state index contributed by atoms with van der Waals surface area (Å²) in [5.41, 5.74) is 1.33. The fourth-order valence-corrected chi connectivity index (χ4v) is 3.60. The van der Waals surface area contributed by atoms with Crippen LogP contribution in [-0.4, -0.2) is 31.1 Å². The molecule has 0 spiro atoms. The molecule has 1 N–H and O–H groups in total. The number of carbonyl (C=O) groups is 3. The van der Waals surface area contributed by atoms with E-state index in [9.17, 15) is 14.4 Å². The lowest BCUT2D eigenvalue weighted by atomic mass is 10.0. The molecule has 33 heavy (non-hydrogen) atoms. The number of barbiturate groups is 1. The molecule has 0 unspecified atom stereocenters. The molecular weight excluding hydrogens is 444 g/mol. The summed E-state index contributed by atoms with van der Waals surface area (Å²) in [7, 11) is 0. The predicted octanol–water partition coefficient (Wildman–Crippen LogP) is 4.92. The van der Waals surface area contributed by atoms with Crippen LogP contribution in [0, 0.1) is 0 Å². The van der Waals surface area contributed by atoms with Gasteiger partial charge in [0.05, 0.1) is 23.9 Å². The van der Waals surface area contributed by atoms with E-state index < -0.39 is 17.8 Å². The Balaban J connectivity index is 2.08. The normalized spacial score (nSPS) is 14.9. The van der Waals surface area contributed by atoms with Crippen molar-refractivity contribution < 1.29 is 23.9 Å². The van der Waals surface area contributed by atoms with Crippen molar-refractivity contribution in [2.75, 3.05) is 18.1 Å². The van der Waals surface area contributed by atoms with Crippen molar-refractivity contribution in [3.63, 3.8) is 0 Å². The molecule has 0 saturated carbocycles. The average Bonchev–Trinajstić information content (AvgIpc) is 2.78. The molecule has 172 valence electrons. The number of amides is 4. The van der Waals surface area contributed by atoms with E-state index >= 15 is 0 Å². The molecule has 2 aromatic carbocycles. The van der Waals surface area contributed by atoms with E-state index in [-0.39, 0.29) is 16.3 Å². The Bertz CT molecular complexity index is 1130. The molecule has 1 aliphatic rings. The van der Waals surface area contributed by atoms with Crippen molar-refractivity contribution in [3.8, 4) is 11.5 Å². The van der Waals surface area contributed by atoms with Crippen LogP contribution in [0.2, 0.25) is 5.02 Å². The highest BCUT2D eigenvalue weighted by atomic mass is 35.5. The van der Waals surface area contributed by atoms with E-state index in [0.29, 0.717) is 36.7 Å². The first-order valence-electron chi connectivity index (χ1n) is 10.6. The van der Waals surface area contributed by atoms with E-state index in [0.717, 1.165) is 16.9 Å². The van der Waals surface area contributed by atoms with Gasteiger partial charge in [0.2, 0.25) is 0 Å². The van der Waals surface area contributed by atoms with E-state index in [1.54, 1.807) is 36.4 Å². The molecule has 1 saturated heterocycles. The minimum Gasteiger partial charge on any atom is -0.490 e. The average molecular weight is 469 g/mol. The third-order valence-electron chi connectivity index (χ3n) is 4.77. The first-order chi connectivity index (χ1) is 15.9. The lowest BCUT2D eigenvalue weighted by Gasteiger charge is -2.27. The van der Waals surface area contributed by atoms with Gasteiger partial charge in [-0.3, -0.25) is 14.9 Å². The molecule has 0 aromatic heterocycles. The Labute approximate surface area is 197 Å². The van der Waals surface area contributed by atoms with E-state index in [1.807, 2.05) is 13.8 Å². The maximum absolute atomic E-state index is 13.2. The third-order valence-corrected chi connectivity index (χ3v) is 5.09. The Morgan fingerprint density at radius 2 is 1.88 bits per heavy atom. The topological polar surface area (TPSA) is 84.9 Å². The number of rotatable bonds is 9. The zero-order valence-electron chi connectivity index (χ0n) is 18.5. The number of halogens is 1. The molecule has 4 amide bonds. The van der Waals surface area contributed by atoms with Crippen LogP contribution in [-0.2, 0) is 16.0 Å². The molecule has 0 atom stereocenters. The minimum atomic E-state index is -0.860. The molecule has 3 rings (SSSR count). The van der Waals surface area contributed by atoms with E-state index in [4.69, 9.17) is 21.1 Å². The van der Waals surface area contributed by atoms with E-state index in [1.165, 1.54) is 12.1 Å². The maximum Gasteiger partial charge on any atom is 0.335 e. The number of anilines is 1. The van der Waals surface area contributed by atoms with E-state index in [2.05, 4.69) is 11.9 Å². The molecule has 8 heteroatoms. The lowest BCUT2D eigenvalue weighted by molar-refractivity contribution is -0.122. The maximum atomic E-state index is 13.2. The highest BCUT2D eigenvalue weighted by molar-refractivity contribution is 6.42. The Morgan fingerprint density at radius 1 is 1.12 bits per heavy atom. The van der Waals surface area contributed by atoms with Gasteiger partial charge in [-0.2, -0.15) is 0 Å². The molecule has 0 bridgehead atoms. The number of hydrogen-bond acceptors (Lipinski definition) is 5. The summed E-state index contributed by atoms with van der Waals surface area (Å²) in [6, 6.07) is 9.06. The van der Waals surface area contributed by atoms with Gasteiger partial charge in [0.25, 0.3) is 11.8 Å². The van der Waals surface area contributed by atoms with Gasteiger partial charge in [-0.15, -0.1) is 6.58 Å². The largest absolute Gasteiger partial charge is 0.490 e. The van der Waals surface area contributed by atoms with Crippen LogP contribution >= 0.6 is 11.6 Å². The number of nitrogens with zero attached hydrogens (tertiary/aromatic N) is 1. The van der Waals surface area contributed by atoms with Crippen molar-refractivity contribution in [2.45, 2.75) is 26.7 Å². The summed E-state index contributed by atoms with van der Waals surface area (Å²) >= 11 is 6.18. The third kappa shape index (κ3) is 5.26. The second-order valence-corrected chi connectivity index (χ2v) is 7.60. The van der Waals surface area contributed by atoms with Gasteiger partial charge < -0.3 is 9.47 Å². The Hall–Kier alpha value is -3.58. The van der Waals surface area contributed by atoms with Gasteiger partial charge in [-0.25, -0.2) is 9.69 Å². The van der Waals surface area contributed by atoms with Gasteiger partial charge >= 0.3 is 6.03 Å². The summed E-state index contributed by atoms with van der Waals surface area (Å²) in [6.45, 7) is 8.58. The van der Waals surface area contributed by atoms with Gasteiger partial charge in [-0.1, -0.05) is 36.7 Å². The molecular formula is C25H25ClN2O5. The number of imide groups is 2. The summed E-state index contributed by atoms with van der Waals surface area (Å²) in [5, 5.41) is 2.41. The van der Waals surface area contributed by atoms with Crippen molar-refractivity contribution in [2.24, 2.45) is 0 Å². The van der Waals surface area contributed by atoms with Crippen LogP contribution in [0.3, 0.4) is 0 Å². The monoisotopic (exact) mass is 468 g/mol. The van der Waals surface area contributed by atoms with Gasteiger partial charge in [0.15, 0.2) is 11.5 Å². The number of nitrogens with one attached hydrogen (secondary N) is 1. The van der Waals surface area contributed by atoms with Crippen molar-refractivity contribution >= 4 is 41.2 Å². The number of para-hydroxylation sites is 1. The summed E-state index contributed by atoms with van der Waals surface area (Å²) in [5.74, 6) is -0.456. The molecule has 1 aliphatic heterocycles. The number of allylic oxidation sites excluding steroid dienone is 1. The second kappa shape index (κ2) is 10.8. The summed E-state index contributed by atoms with van der Waals surface area (Å²) in [6.07, 6.45) is 4.48. The quantitative estimate of drug-likeness (QED) is 0.320. The smallest absolute Gasteiger partial charge is 0.335 e. The first-order valence-corrected chi connectivity index (χ1v) is 11.0. The molecule has 7 nitrogen and oxygen atoms in total. The minimum absolute atomic E-state index is 0.186. The Morgan fingerprint density at radius 3 is 2.55 bits per heavy atom. The van der Waals surface area contributed by atoms with Gasteiger partial charge in [0, 0.05) is 5.56 Å². The molecule has 1 heterocycles. The van der Waals surface area contributed by atoms with Crippen LogP contribution in [0.1, 0.15) is 31.4 Å². The SMILES string of the molecule is C=CCc1cc(/C=C2\C(=O)NC(=O)N(c3ccccc3Cl)C2=O)cc(OCC)c1OCCC. The zero-order valence-corrected chi connectivity index (χ0v) is 19.3. The number of ether oxygens (including phenoxy) is 2. The summed E-state index contributed by atoms with van der Waals surface area (Å²) in [4.78, 5) is 39.0. The molecule has 0 aliphatic carbocycles. The number of urea groups is 1. The molecule has 2 aromatic rings. The van der Waals surface area contributed by atoms with Gasteiger partial charge in [0.1, 0.15) is 5.57 Å². The molecule has 0 radical (unpaired) electrons. The highest BCUT2D eigenvalue weighted by Crippen LogP contribution is 2.35. The fraction of sp³-hybridized carbons (Fsp3) is 0.240. The van der Waals surface area contributed by atoms with Crippen LogP contribution in [0.5, 0.6) is 11.5 Å². The standard InChI is InChI=1S/C25H25ClN2O5/c1-4-9-17-13-16(15-21(32-6-3)22(17)33-12-5-2)14-18-23(29)27-25(31)28(24(18)30)20-11-8-7-10-19(20)26/h4,7-8,10-11,13-15H,1,5-6,9,12H2,2-3H3,(H,27,29,31)/b18-14+. The Kier molecular flexibility index (Phi) is 7.90. The van der Waals surface area contributed by atoms with Crippen molar-refractivity contribution in [3.05, 3.63) is 70.8 Å². The molecule has 1 fully saturated rings. The van der Waals surface area contributed by atoms with Crippen molar-refractivity contribution in [1.29, 1.82) is 0 Å². The first kappa shape index (κ1) is 24.1. The second-order valence-electron chi connectivity index (χ2n) is 7.19. The van der Waals surface area contributed by atoms with Crippen LogP contribution < -0.4 is 19.7 Å². The fourth-order valence-electron chi connectivity index (χ4n) is 3.38. The van der Waals surface area contributed by atoms with Gasteiger partial charge in [-0.05, 0) is 55.7 Å². The summed E-state index contributed by atoms with van der Waals surface area (Å²) < 4.78 is 11.7. The van der Waals surface area contributed by atoms with Crippen molar-refractivity contribution in [1.82, 2.24) is 5.32 Å². The lowest BCUT2D eigenvalue weighted by Crippen LogP contribution is -2.54. The number of benzene rings is 2. The zero-order chi connectivity index (χ0) is 24.0. The number of hydrogen-bond donors (Lipinski definition) is 1. The van der Waals surface area contributed by atoms with Crippen LogP contribution in [0.4, 0.5) is 10.5 Å². The predicted molar refractivity (Wildman–Crippen MR) is 128 cm³/mol. The highest BCUT2D eigenvalue weighted by Gasteiger charge is 2.37. The number of carbonyl (C=O) groups excluding carboxylic acids is 3. The van der Waals surface area contributed by atoms with Crippen LogP contribution in [0.15, 0.2) is 54.6 Å².